The van der Waals surface area contributed by atoms with Crippen molar-refractivity contribution in [3.63, 3.8) is 0 Å². The van der Waals surface area contributed by atoms with Crippen molar-refractivity contribution in [2.24, 2.45) is 5.92 Å². The third-order valence-electron chi connectivity index (χ3n) is 4.38. The fourth-order valence-corrected chi connectivity index (χ4v) is 3.75. The Kier molecular flexibility index (Phi) is 6.32. The molecule has 0 spiro atoms. The van der Waals surface area contributed by atoms with E-state index in [1.54, 1.807) is 17.5 Å². The van der Waals surface area contributed by atoms with Crippen LogP contribution in [0.5, 0.6) is 0 Å². The highest BCUT2D eigenvalue weighted by Gasteiger charge is 2.14. The first-order chi connectivity index (χ1) is 11.8. The van der Waals surface area contributed by atoms with Gasteiger partial charge in [0, 0.05) is 31.0 Å². The number of amides is 1. The molecule has 2 aromatic rings. The molecule has 0 aromatic carbocycles. The number of nitrogens with zero attached hydrogens (tertiary/aromatic N) is 2. The minimum absolute atomic E-state index is 0.162. The van der Waals surface area contributed by atoms with Gasteiger partial charge in [-0.25, -0.2) is 4.98 Å². The molecule has 1 fully saturated rings. The van der Waals surface area contributed by atoms with Gasteiger partial charge < -0.3 is 10.6 Å². The molecule has 2 N–H and O–H groups in total. The van der Waals surface area contributed by atoms with Crippen molar-refractivity contribution in [3.05, 3.63) is 34.8 Å². The Hall–Kier alpha value is -1.79. The molecular weight excluding hydrogens is 320 g/mol. The van der Waals surface area contributed by atoms with Gasteiger partial charge in [0.25, 0.3) is 0 Å². The van der Waals surface area contributed by atoms with Gasteiger partial charge in [0.05, 0.1) is 16.4 Å². The number of piperidine rings is 1. The molecule has 1 saturated heterocycles. The SMILES string of the molecule is O=C(CCC1CCNCC1)NCCc1nc(-c2ccccn2)cs1. The van der Waals surface area contributed by atoms with E-state index in [2.05, 4.69) is 20.6 Å². The normalized spacial score (nSPS) is 15.3. The number of carbonyl (C=O) groups is 1. The van der Waals surface area contributed by atoms with Crippen molar-refractivity contribution in [3.8, 4) is 11.4 Å². The predicted octanol–water partition coefficient (Wildman–Crippen LogP) is 2.64. The summed E-state index contributed by atoms with van der Waals surface area (Å²) in [6.45, 7) is 2.84. The standard InChI is InChI=1S/C18H24N4OS/c23-17(5-4-14-6-10-19-11-7-14)21-12-8-18-22-16(13-24-18)15-3-1-2-9-20-15/h1-3,9,13-14,19H,4-8,10-12H2,(H,21,23). The van der Waals surface area contributed by atoms with Crippen LogP contribution in [0.3, 0.4) is 0 Å². The quantitative estimate of drug-likeness (QED) is 0.810. The molecule has 1 amide bonds. The van der Waals surface area contributed by atoms with E-state index in [0.29, 0.717) is 18.9 Å². The number of hydrogen-bond acceptors (Lipinski definition) is 5. The number of aromatic nitrogens is 2. The van der Waals surface area contributed by atoms with E-state index < -0.39 is 0 Å². The molecule has 24 heavy (non-hydrogen) atoms. The number of rotatable bonds is 7. The van der Waals surface area contributed by atoms with Crippen molar-refractivity contribution in [2.75, 3.05) is 19.6 Å². The van der Waals surface area contributed by atoms with E-state index in [1.807, 2.05) is 23.6 Å². The lowest BCUT2D eigenvalue weighted by molar-refractivity contribution is -0.121. The number of thiazole rings is 1. The van der Waals surface area contributed by atoms with Crippen LogP contribution in [0.2, 0.25) is 0 Å². The number of carbonyl (C=O) groups excluding carboxylic acids is 1. The second-order valence-corrected chi connectivity index (χ2v) is 7.12. The topological polar surface area (TPSA) is 66.9 Å². The van der Waals surface area contributed by atoms with E-state index in [9.17, 15) is 4.79 Å². The van der Waals surface area contributed by atoms with Gasteiger partial charge in [-0.15, -0.1) is 11.3 Å². The molecule has 5 nitrogen and oxygen atoms in total. The minimum atomic E-state index is 0.162. The zero-order chi connectivity index (χ0) is 16.6. The van der Waals surface area contributed by atoms with Gasteiger partial charge in [-0.05, 0) is 50.4 Å². The van der Waals surface area contributed by atoms with Gasteiger partial charge in [0.2, 0.25) is 5.91 Å². The molecule has 3 heterocycles. The van der Waals surface area contributed by atoms with Crippen LogP contribution >= 0.6 is 11.3 Å². The molecule has 128 valence electrons. The smallest absolute Gasteiger partial charge is 0.220 e. The van der Waals surface area contributed by atoms with Crippen molar-refractivity contribution >= 4 is 17.2 Å². The maximum absolute atomic E-state index is 11.9. The fourth-order valence-electron chi connectivity index (χ4n) is 2.96. The summed E-state index contributed by atoms with van der Waals surface area (Å²) in [5, 5.41) is 9.43. The zero-order valence-corrected chi connectivity index (χ0v) is 14.6. The van der Waals surface area contributed by atoms with Crippen LogP contribution in [-0.2, 0) is 11.2 Å². The molecule has 0 bridgehead atoms. The lowest BCUT2D eigenvalue weighted by Crippen LogP contribution is -2.30. The van der Waals surface area contributed by atoms with Crippen LogP contribution in [0.4, 0.5) is 0 Å². The Morgan fingerprint density at radius 3 is 2.96 bits per heavy atom. The number of nitrogens with one attached hydrogen (secondary N) is 2. The molecule has 2 aromatic heterocycles. The fraction of sp³-hybridized carbons (Fsp3) is 0.500. The Bertz CT molecular complexity index is 637. The Morgan fingerprint density at radius 2 is 2.17 bits per heavy atom. The summed E-state index contributed by atoms with van der Waals surface area (Å²) in [6, 6.07) is 5.82. The molecule has 0 unspecified atom stereocenters. The van der Waals surface area contributed by atoms with Crippen molar-refractivity contribution in [1.82, 2.24) is 20.6 Å². The van der Waals surface area contributed by atoms with E-state index in [1.165, 1.54) is 12.8 Å². The van der Waals surface area contributed by atoms with Gasteiger partial charge in [0.1, 0.15) is 0 Å². The summed E-state index contributed by atoms with van der Waals surface area (Å²) in [4.78, 5) is 20.9. The van der Waals surface area contributed by atoms with Crippen LogP contribution in [0.1, 0.15) is 30.7 Å². The molecule has 6 heteroatoms. The summed E-state index contributed by atoms with van der Waals surface area (Å²) < 4.78 is 0. The van der Waals surface area contributed by atoms with Gasteiger partial charge in [-0.2, -0.15) is 0 Å². The lowest BCUT2D eigenvalue weighted by atomic mass is 9.93. The average Bonchev–Trinajstić information content (AvgIpc) is 3.11. The third kappa shape index (κ3) is 5.11. The Labute approximate surface area is 146 Å². The summed E-state index contributed by atoms with van der Waals surface area (Å²) >= 11 is 1.62. The molecule has 3 rings (SSSR count). The van der Waals surface area contributed by atoms with Gasteiger partial charge in [0.15, 0.2) is 0 Å². The monoisotopic (exact) mass is 344 g/mol. The predicted molar refractivity (Wildman–Crippen MR) is 96.9 cm³/mol. The van der Waals surface area contributed by atoms with E-state index in [0.717, 1.165) is 42.3 Å². The Balaban J connectivity index is 1.37. The first-order valence-electron chi connectivity index (χ1n) is 8.64. The highest BCUT2D eigenvalue weighted by atomic mass is 32.1. The molecular formula is C18H24N4OS. The number of hydrogen-bond donors (Lipinski definition) is 2. The zero-order valence-electron chi connectivity index (χ0n) is 13.8. The van der Waals surface area contributed by atoms with E-state index in [4.69, 9.17) is 0 Å². The largest absolute Gasteiger partial charge is 0.356 e. The average molecular weight is 344 g/mol. The molecule has 0 saturated carbocycles. The minimum Gasteiger partial charge on any atom is -0.356 e. The molecule has 0 aliphatic carbocycles. The highest BCUT2D eigenvalue weighted by molar-refractivity contribution is 7.09. The summed E-state index contributed by atoms with van der Waals surface area (Å²) in [6.07, 6.45) is 6.59. The first kappa shape index (κ1) is 17.0. The Morgan fingerprint density at radius 1 is 1.29 bits per heavy atom. The third-order valence-corrected chi connectivity index (χ3v) is 5.29. The second kappa shape index (κ2) is 8.89. The second-order valence-electron chi connectivity index (χ2n) is 6.17. The first-order valence-corrected chi connectivity index (χ1v) is 9.52. The highest BCUT2D eigenvalue weighted by Crippen LogP contribution is 2.20. The van der Waals surface area contributed by atoms with Crippen LogP contribution in [-0.4, -0.2) is 35.5 Å². The van der Waals surface area contributed by atoms with Crippen molar-refractivity contribution < 1.29 is 4.79 Å². The van der Waals surface area contributed by atoms with Crippen molar-refractivity contribution in [2.45, 2.75) is 32.1 Å². The molecule has 1 aliphatic heterocycles. The van der Waals surface area contributed by atoms with Gasteiger partial charge in [-0.1, -0.05) is 6.07 Å². The van der Waals surface area contributed by atoms with Crippen LogP contribution in [0.15, 0.2) is 29.8 Å². The lowest BCUT2D eigenvalue weighted by Gasteiger charge is -2.22. The molecule has 0 atom stereocenters. The number of pyridine rings is 1. The van der Waals surface area contributed by atoms with E-state index in [-0.39, 0.29) is 5.91 Å². The molecule has 0 radical (unpaired) electrons. The van der Waals surface area contributed by atoms with Gasteiger partial charge >= 0.3 is 0 Å². The maximum Gasteiger partial charge on any atom is 0.220 e. The summed E-state index contributed by atoms with van der Waals surface area (Å²) in [7, 11) is 0. The maximum atomic E-state index is 11.9. The van der Waals surface area contributed by atoms with E-state index >= 15 is 0 Å². The van der Waals surface area contributed by atoms with Crippen LogP contribution in [0, 0.1) is 5.92 Å². The van der Waals surface area contributed by atoms with Gasteiger partial charge in [-0.3, -0.25) is 9.78 Å². The van der Waals surface area contributed by atoms with Crippen molar-refractivity contribution in [1.29, 1.82) is 0 Å². The molecule has 1 aliphatic rings. The van der Waals surface area contributed by atoms with Crippen LogP contribution in [0.25, 0.3) is 11.4 Å². The summed E-state index contributed by atoms with van der Waals surface area (Å²) in [5.41, 5.74) is 1.80. The summed E-state index contributed by atoms with van der Waals surface area (Å²) in [5.74, 6) is 0.868. The van der Waals surface area contributed by atoms with Crippen LogP contribution < -0.4 is 10.6 Å².